The van der Waals surface area contributed by atoms with Gasteiger partial charge in [-0.05, 0) is 60.7 Å². The molecule has 0 saturated heterocycles. The Morgan fingerprint density at radius 3 is 1.97 bits per heavy atom. The molecule has 0 aliphatic rings. The predicted octanol–water partition coefficient (Wildman–Crippen LogP) is 4.91. The summed E-state index contributed by atoms with van der Waals surface area (Å²) in [5.74, 6) is -0.731. The van der Waals surface area contributed by atoms with E-state index in [2.05, 4.69) is 20.9 Å². The van der Waals surface area contributed by atoms with Gasteiger partial charge in [-0.3, -0.25) is 9.36 Å². The largest absolute Gasteiger partial charge is 0.323 e. The molecule has 154 valence electrons. The highest BCUT2D eigenvalue weighted by Gasteiger charge is 2.13. The van der Waals surface area contributed by atoms with E-state index in [0.717, 1.165) is 0 Å². The first kappa shape index (κ1) is 19.8. The maximum Gasteiger partial charge on any atom is 0.323 e. The van der Waals surface area contributed by atoms with Crippen molar-refractivity contribution >= 4 is 29.0 Å². The monoisotopic (exact) mass is 415 g/mol. The lowest BCUT2D eigenvalue weighted by Crippen LogP contribution is -2.19. The Balaban J connectivity index is 1.39. The van der Waals surface area contributed by atoms with Gasteiger partial charge < -0.3 is 16.0 Å². The van der Waals surface area contributed by atoms with Crippen LogP contribution in [0.25, 0.3) is 5.69 Å². The third-order valence-electron chi connectivity index (χ3n) is 4.41. The van der Waals surface area contributed by atoms with E-state index in [9.17, 15) is 14.0 Å². The van der Waals surface area contributed by atoms with Gasteiger partial charge in [-0.15, -0.1) is 0 Å². The lowest BCUT2D eigenvalue weighted by Gasteiger charge is -2.10. The molecule has 1 aromatic heterocycles. The highest BCUT2D eigenvalue weighted by molar-refractivity contribution is 6.04. The predicted molar refractivity (Wildman–Crippen MR) is 117 cm³/mol. The van der Waals surface area contributed by atoms with Crippen LogP contribution >= 0.6 is 0 Å². The molecular weight excluding hydrogens is 397 g/mol. The number of amides is 3. The summed E-state index contributed by atoms with van der Waals surface area (Å²) in [7, 11) is 0. The van der Waals surface area contributed by atoms with E-state index < -0.39 is 0 Å². The van der Waals surface area contributed by atoms with Crippen LogP contribution in [-0.2, 0) is 0 Å². The number of carbonyl (C=O) groups is 2. The molecule has 3 aromatic carbocycles. The average molecular weight is 415 g/mol. The summed E-state index contributed by atoms with van der Waals surface area (Å²) in [5, 5.41) is 8.24. The van der Waals surface area contributed by atoms with Gasteiger partial charge in [0.2, 0.25) is 0 Å². The van der Waals surface area contributed by atoms with E-state index in [4.69, 9.17) is 0 Å². The molecule has 0 aliphatic carbocycles. The molecule has 0 saturated carbocycles. The number of nitrogens with zero attached hydrogens (tertiary/aromatic N) is 2. The van der Waals surface area contributed by atoms with Crippen molar-refractivity contribution in [3.8, 4) is 5.69 Å². The molecule has 0 fully saturated rings. The van der Waals surface area contributed by atoms with Crippen LogP contribution in [-0.4, -0.2) is 21.5 Å². The number of rotatable bonds is 5. The van der Waals surface area contributed by atoms with Crippen molar-refractivity contribution in [3.63, 3.8) is 0 Å². The minimum atomic E-state index is -0.371. The number of hydrogen-bond donors (Lipinski definition) is 3. The second-order valence-corrected chi connectivity index (χ2v) is 6.60. The Morgan fingerprint density at radius 1 is 0.742 bits per heavy atom. The maximum absolute atomic E-state index is 13.2. The number of halogens is 1. The van der Waals surface area contributed by atoms with E-state index in [1.54, 1.807) is 53.1 Å². The fraction of sp³-hybridized carbons (Fsp3) is 0. The highest BCUT2D eigenvalue weighted by Crippen LogP contribution is 2.17. The van der Waals surface area contributed by atoms with Gasteiger partial charge in [-0.2, -0.15) is 0 Å². The minimum absolute atomic E-state index is 0.302. The van der Waals surface area contributed by atoms with Gasteiger partial charge in [-0.25, -0.2) is 14.2 Å². The molecule has 0 radical (unpaired) electrons. The number of nitrogens with one attached hydrogen (secondary N) is 3. The molecule has 1 heterocycles. The molecule has 0 atom stereocenters. The molecule has 31 heavy (non-hydrogen) atoms. The summed E-state index contributed by atoms with van der Waals surface area (Å²) in [5.41, 5.74) is 2.72. The Morgan fingerprint density at radius 2 is 1.32 bits per heavy atom. The van der Waals surface area contributed by atoms with Crippen molar-refractivity contribution in [2.45, 2.75) is 0 Å². The Hall–Kier alpha value is -4.46. The van der Waals surface area contributed by atoms with Gasteiger partial charge in [0.25, 0.3) is 5.91 Å². The molecule has 0 unspecified atom stereocenters. The Bertz CT molecular complexity index is 1190. The van der Waals surface area contributed by atoms with Gasteiger partial charge in [0.05, 0.1) is 12.5 Å². The summed E-state index contributed by atoms with van der Waals surface area (Å²) in [4.78, 5) is 28.8. The van der Waals surface area contributed by atoms with Gasteiger partial charge in [0.1, 0.15) is 11.5 Å². The van der Waals surface area contributed by atoms with Crippen LogP contribution in [0.3, 0.4) is 0 Å². The normalized spacial score (nSPS) is 10.4. The zero-order chi connectivity index (χ0) is 21.6. The van der Waals surface area contributed by atoms with E-state index >= 15 is 0 Å². The molecule has 4 aromatic rings. The van der Waals surface area contributed by atoms with Crippen LogP contribution in [0.2, 0.25) is 0 Å². The standard InChI is InChI=1S/C23H18FN5O2/c24-16-6-12-20(13-7-16)29-15-25-14-21(29)22(30)26-18-8-10-19(11-9-18)28-23(31)27-17-4-2-1-3-5-17/h1-15H,(H,26,30)(H2,27,28,31). The van der Waals surface area contributed by atoms with Crippen molar-refractivity contribution in [1.82, 2.24) is 9.55 Å². The SMILES string of the molecule is O=C(Nc1ccccc1)Nc1ccc(NC(=O)c2cncn2-c2ccc(F)cc2)cc1. The number of anilines is 3. The van der Waals surface area contributed by atoms with Crippen LogP contribution in [0, 0.1) is 5.82 Å². The first-order valence-electron chi connectivity index (χ1n) is 9.41. The molecule has 0 bridgehead atoms. The number of carbonyl (C=O) groups excluding carboxylic acids is 2. The van der Waals surface area contributed by atoms with E-state index in [-0.39, 0.29) is 17.8 Å². The number of hydrogen-bond acceptors (Lipinski definition) is 3. The first-order chi connectivity index (χ1) is 15.1. The third kappa shape index (κ3) is 4.94. The maximum atomic E-state index is 13.2. The number of urea groups is 1. The summed E-state index contributed by atoms with van der Waals surface area (Å²) >= 11 is 0. The van der Waals surface area contributed by atoms with Crippen LogP contribution in [0.1, 0.15) is 10.5 Å². The second kappa shape index (κ2) is 8.91. The van der Waals surface area contributed by atoms with E-state index in [1.165, 1.54) is 24.7 Å². The molecule has 7 nitrogen and oxygen atoms in total. The summed E-state index contributed by atoms with van der Waals surface area (Å²) in [6.07, 6.45) is 2.92. The minimum Gasteiger partial charge on any atom is -0.321 e. The van der Waals surface area contributed by atoms with Gasteiger partial charge in [0, 0.05) is 22.7 Å². The number of para-hydroxylation sites is 1. The molecule has 3 N–H and O–H groups in total. The number of imidazole rings is 1. The summed E-state index contributed by atoms with van der Waals surface area (Å²) in [6.45, 7) is 0. The van der Waals surface area contributed by atoms with Crippen LogP contribution in [0.4, 0.5) is 26.2 Å². The molecule has 0 spiro atoms. The van der Waals surface area contributed by atoms with Crippen molar-refractivity contribution in [3.05, 3.63) is 103 Å². The number of aromatic nitrogens is 2. The van der Waals surface area contributed by atoms with Gasteiger partial charge in [0.15, 0.2) is 0 Å². The smallest absolute Gasteiger partial charge is 0.321 e. The highest BCUT2D eigenvalue weighted by atomic mass is 19.1. The lowest BCUT2D eigenvalue weighted by molar-refractivity contribution is 0.102. The molecular formula is C23H18FN5O2. The third-order valence-corrected chi connectivity index (χ3v) is 4.41. The van der Waals surface area contributed by atoms with Crippen molar-refractivity contribution in [2.24, 2.45) is 0 Å². The number of benzene rings is 3. The quantitative estimate of drug-likeness (QED) is 0.433. The van der Waals surface area contributed by atoms with Crippen molar-refractivity contribution in [1.29, 1.82) is 0 Å². The second-order valence-electron chi connectivity index (χ2n) is 6.60. The van der Waals surface area contributed by atoms with Gasteiger partial charge >= 0.3 is 6.03 Å². The topological polar surface area (TPSA) is 88.1 Å². The fourth-order valence-electron chi connectivity index (χ4n) is 2.92. The van der Waals surface area contributed by atoms with Crippen LogP contribution in [0.5, 0.6) is 0 Å². The Labute approximate surface area is 177 Å². The fourth-order valence-corrected chi connectivity index (χ4v) is 2.92. The van der Waals surface area contributed by atoms with Crippen LogP contribution < -0.4 is 16.0 Å². The van der Waals surface area contributed by atoms with Crippen LogP contribution in [0.15, 0.2) is 91.4 Å². The Kier molecular flexibility index (Phi) is 5.70. The average Bonchev–Trinajstić information content (AvgIpc) is 3.26. The zero-order valence-electron chi connectivity index (χ0n) is 16.2. The summed E-state index contributed by atoms with van der Waals surface area (Å²) in [6, 6.07) is 21.2. The van der Waals surface area contributed by atoms with Crippen molar-refractivity contribution < 1.29 is 14.0 Å². The molecule has 3 amide bonds. The first-order valence-corrected chi connectivity index (χ1v) is 9.41. The summed E-state index contributed by atoms with van der Waals surface area (Å²) < 4.78 is 14.7. The lowest BCUT2D eigenvalue weighted by atomic mass is 10.2. The van der Waals surface area contributed by atoms with E-state index in [1.807, 2.05) is 18.2 Å². The molecule has 0 aliphatic heterocycles. The van der Waals surface area contributed by atoms with Gasteiger partial charge in [-0.1, -0.05) is 18.2 Å². The zero-order valence-corrected chi connectivity index (χ0v) is 16.2. The molecule has 8 heteroatoms. The van der Waals surface area contributed by atoms with Crippen molar-refractivity contribution in [2.75, 3.05) is 16.0 Å². The van der Waals surface area contributed by atoms with E-state index in [0.29, 0.717) is 28.4 Å². The molecule has 4 rings (SSSR count).